The number of hydrogen-bond acceptors (Lipinski definition) is 2. The zero-order chi connectivity index (χ0) is 13.4. The standard InChI is InChI=1S/C11H12BrF3O2/c1-10(2,3)6-4-7(12)8(16)5-9(6)17-11(13,14)15/h4-5,16H,1-3H3. The van der Waals surface area contributed by atoms with Crippen LogP contribution in [0.4, 0.5) is 13.2 Å². The lowest BCUT2D eigenvalue weighted by Gasteiger charge is -2.24. The summed E-state index contributed by atoms with van der Waals surface area (Å²) in [6, 6.07) is 2.38. The van der Waals surface area contributed by atoms with E-state index < -0.39 is 11.8 Å². The zero-order valence-corrected chi connectivity index (χ0v) is 11.1. The number of benzene rings is 1. The lowest BCUT2D eigenvalue weighted by atomic mass is 9.86. The molecule has 0 amide bonds. The predicted octanol–water partition coefficient (Wildman–Crippen LogP) is 4.35. The average molecular weight is 313 g/mol. The van der Waals surface area contributed by atoms with Gasteiger partial charge in [0.05, 0.1) is 4.47 Å². The third-order valence-electron chi connectivity index (χ3n) is 2.08. The third kappa shape index (κ3) is 3.80. The molecule has 0 unspecified atom stereocenters. The van der Waals surface area contributed by atoms with Gasteiger partial charge < -0.3 is 9.84 Å². The van der Waals surface area contributed by atoms with Gasteiger partial charge in [0.2, 0.25) is 0 Å². The van der Waals surface area contributed by atoms with Gasteiger partial charge >= 0.3 is 6.36 Å². The quantitative estimate of drug-likeness (QED) is 0.835. The Balaban J connectivity index is 3.32. The smallest absolute Gasteiger partial charge is 0.507 e. The average Bonchev–Trinajstić information content (AvgIpc) is 2.06. The summed E-state index contributed by atoms with van der Waals surface area (Å²) in [5.41, 5.74) is -0.170. The molecule has 2 nitrogen and oxygen atoms in total. The molecule has 0 aliphatic heterocycles. The highest BCUT2D eigenvalue weighted by molar-refractivity contribution is 9.10. The monoisotopic (exact) mass is 312 g/mol. The van der Waals surface area contributed by atoms with Gasteiger partial charge in [-0.1, -0.05) is 20.8 Å². The number of hydrogen-bond donors (Lipinski definition) is 1. The molecule has 0 aromatic heterocycles. The zero-order valence-electron chi connectivity index (χ0n) is 9.52. The first-order chi connectivity index (χ1) is 7.50. The van der Waals surface area contributed by atoms with Crippen molar-refractivity contribution in [3.63, 3.8) is 0 Å². The predicted molar refractivity (Wildman–Crippen MR) is 61.2 cm³/mol. The van der Waals surface area contributed by atoms with Gasteiger partial charge in [-0.15, -0.1) is 13.2 Å². The van der Waals surface area contributed by atoms with E-state index in [1.807, 2.05) is 0 Å². The molecular weight excluding hydrogens is 301 g/mol. The molecule has 0 aliphatic rings. The highest BCUT2D eigenvalue weighted by Gasteiger charge is 2.34. The molecule has 96 valence electrons. The molecule has 0 spiro atoms. The van der Waals surface area contributed by atoms with Crippen LogP contribution in [0, 0.1) is 0 Å². The fourth-order valence-electron chi connectivity index (χ4n) is 1.34. The molecule has 0 saturated heterocycles. The molecule has 0 atom stereocenters. The number of rotatable bonds is 1. The van der Waals surface area contributed by atoms with E-state index >= 15 is 0 Å². The number of alkyl halides is 3. The van der Waals surface area contributed by atoms with Gasteiger partial charge in [0, 0.05) is 11.6 Å². The van der Waals surface area contributed by atoms with Crippen LogP contribution in [0.3, 0.4) is 0 Å². The van der Waals surface area contributed by atoms with Crippen molar-refractivity contribution in [2.75, 3.05) is 0 Å². The Morgan fingerprint density at radius 2 is 1.71 bits per heavy atom. The molecule has 1 aromatic rings. The summed E-state index contributed by atoms with van der Waals surface area (Å²) in [6.07, 6.45) is -4.78. The first-order valence-electron chi connectivity index (χ1n) is 4.79. The first kappa shape index (κ1) is 14.2. The number of phenols is 1. The molecule has 17 heavy (non-hydrogen) atoms. The van der Waals surface area contributed by atoms with Crippen LogP contribution in [0.25, 0.3) is 0 Å². The Labute approximate surface area is 106 Å². The van der Waals surface area contributed by atoms with E-state index in [0.29, 0.717) is 10.0 Å². The second-order valence-electron chi connectivity index (χ2n) is 4.60. The Kier molecular flexibility index (Phi) is 3.66. The van der Waals surface area contributed by atoms with Crippen molar-refractivity contribution in [3.8, 4) is 11.5 Å². The largest absolute Gasteiger partial charge is 0.573 e. The van der Waals surface area contributed by atoms with E-state index in [1.165, 1.54) is 6.07 Å². The van der Waals surface area contributed by atoms with E-state index in [1.54, 1.807) is 20.8 Å². The molecule has 0 bridgehead atoms. The molecule has 0 saturated carbocycles. The second-order valence-corrected chi connectivity index (χ2v) is 5.45. The van der Waals surface area contributed by atoms with Crippen LogP contribution < -0.4 is 4.74 Å². The Morgan fingerprint density at radius 3 is 2.12 bits per heavy atom. The summed E-state index contributed by atoms with van der Waals surface area (Å²) in [6.45, 7) is 5.28. The van der Waals surface area contributed by atoms with E-state index in [4.69, 9.17) is 0 Å². The van der Waals surface area contributed by atoms with Gasteiger partial charge in [0.25, 0.3) is 0 Å². The molecule has 1 aromatic carbocycles. The molecule has 1 N–H and O–H groups in total. The van der Waals surface area contributed by atoms with Crippen LogP contribution in [0.5, 0.6) is 11.5 Å². The summed E-state index contributed by atoms with van der Waals surface area (Å²) in [5, 5.41) is 9.39. The summed E-state index contributed by atoms with van der Waals surface area (Å²) in [4.78, 5) is 0. The topological polar surface area (TPSA) is 29.5 Å². The van der Waals surface area contributed by atoms with Crippen molar-refractivity contribution in [1.82, 2.24) is 0 Å². The lowest BCUT2D eigenvalue weighted by Crippen LogP contribution is -2.21. The van der Waals surface area contributed by atoms with Crippen molar-refractivity contribution in [2.45, 2.75) is 32.5 Å². The van der Waals surface area contributed by atoms with Crippen molar-refractivity contribution >= 4 is 15.9 Å². The van der Waals surface area contributed by atoms with Crippen molar-refractivity contribution < 1.29 is 23.0 Å². The first-order valence-corrected chi connectivity index (χ1v) is 5.59. The van der Waals surface area contributed by atoms with Gasteiger partial charge in [-0.05, 0) is 27.4 Å². The molecule has 0 radical (unpaired) electrons. The van der Waals surface area contributed by atoms with Crippen LogP contribution >= 0.6 is 15.9 Å². The molecule has 0 aliphatic carbocycles. The van der Waals surface area contributed by atoms with E-state index in [2.05, 4.69) is 20.7 Å². The van der Waals surface area contributed by atoms with Crippen LogP contribution in [-0.2, 0) is 5.41 Å². The fraction of sp³-hybridized carbons (Fsp3) is 0.455. The normalized spacial score (nSPS) is 12.6. The van der Waals surface area contributed by atoms with Gasteiger partial charge in [0.15, 0.2) is 0 Å². The third-order valence-corrected chi connectivity index (χ3v) is 2.72. The Bertz CT molecular complexity index is 422. The Morgan fingerprint density at radius 1 is 1.18 bits per heavy atom. The van der Waals surface area contributed by atoms with Crippen molar-refractivity contribution in [2.24, 2.45) is 0 Å². The van der Waals surface area contributed by atoms with Gasteiger partial charge in [-0.25, -0.2) is 0 Å². The molecule has 6 heteroatoms. The summed E-state index contributed by atoms with van der Waals surface area (Å²) in [7, 11) is 0. The lowest BCUT2D eigenvalue weighted by molar-refractivity contribution is -0.275. The van der Waals surface area contributed by atoms with Gasteiger partial charge in [0.1, 0.15) is 11.5 Å². The maximum atomic E-state index is 12.2. The summed E-state index contributed by atoms with van der Waals surface area (Å²) >= 11 is 3.07. The second kappa shape index (κ2) is 4.40. The van der Waals surface area contributed by atoms with Crippen LogP contribution in [0.2, 0.25) is 0 Å². The minimum atomic E-state index is -4.78. The number of aromatic hydroxyl groups is 1. The maximum absolute atomic E-state index is 12.2. The minimum Gasteiger partial charge on any atom is -0.507 e. The Hall–Kier alpha value is -0.910. The van der Waals surface area contributed by atoms with Crippen molar-refractivity contribution in [1.29, 1.82) is 0 Å². The molecule has 0 heterocycles. The SMILES string of the molecule is CC(C)(C)c1cc(Br)c(O)cc1OC(F)(F)F. The summed E-state index contributed by atoms with van der Waals surface area (Å²) < 4.78 is 40.9. The highest BCUT2D eigenvalue weighted by Crippen LogP contribution is 2.40. The fourth-order valence-corrected chi connectivity index (χ4v) is 1.68. The minimum absolute atomic E-state index is 0.294. The molecular formula is C11H12BrF3O2. The maximum Gasteiger partial charge on any atom is 0.573 e. The van der Waals surface area contributed by atoms with E-state index in [9.17, 15) is 18.3 Å². The van der Waals surface area contributed by atoms with Gasteiger partial charge in [-0.2, -0.15) is 0 Å². The number of ether oxygens (including phenoxy) is 1. The highest BCUT2D eigenvalue weighted by atomic mass is 79.9. The van der Waals surface area contributed by atoms with Crippen LogP contribution in [-0.4, -0.2) is 11.5 Å². The molecule has 0 fully saturated rings. The van der Waals surface area contributed by atoms with E-state index in [0.717, 1.165) is 6.07 Å². The number of halogens is 4. The van der Waals surface area contributed by atoms with Crippen molar-refractivity contribution in [3.05, 3.63) is 22.2 Å². The number of phenolic OH excluding ortho intramolecular Hbond substituents is 1. The molecule has 1 rings (SSSR count). The van der Waals surface area contributed by atoms with Crippen LogP contribution in [0.1, 0.15) is 26.3 Å². The van der Waals surface area contributed by atoms with Crippen LogP contribution in [0.15, 0.2) is 16.6 Å². The van der Waals surface area contributed by atoms with Gasteiger partial charge in [-0.3, -0.25) is 0 Å². The summed E-state index contributed by atoms with van der Waals surface area (Å²) in [5.74, 6) is -0.678. The van der Waals surface area contributed by atoms with E-state index in [-0.39, 0.29) is 11.5 Å².